The highest BCUT2D eigenvalue weighted by Crippen LogP contribution is 2.28. The van der Waals surface area contributed by atoms with Crippen LogP contribution in [0.3, 0.4) is 0 Å². The minimum absolute atomic E-state index is 0.656. The second kappa shape index (κ2) is 9.62. The van der Waals surface area contributed by atoms with Crippen LogP contribution in [0.25, 0.3) is 0 Å². The molecule has 0 amide bonds. The Balaban J connectivity index is 5.21. The maximum Gasteiger partial charge on any atom is 0.322 e. The van der Waals surface area contributed by atoms with Crippen molar-refractivity contribution in [2.45, 2.75) is 85.0 Å². The zero-order valence-electron chi connectivity index (χ0n) is 16.0. The molecular weight excluding hydrogens is 310 g/mol. The van der Waals surface area contributed by atoms with Gasteiger partial charge in [0.25, 0.3) is 0 Å². The molecule has 0 aliphatic heterocycles. The Bertz CT molecular complexity index is 257. The lowest BCUT2D eigenvalue weighted by Gasteiger charge is -2.49. The summed E-state index contributed by atoms with van der Waals surface area (Å²) < 4.78 is 14.9. The van der Waals surface area contributed by atoms with E-state index in [1.54, 1.807) is 0 Å². The Morgan fingerprint density at radius 3 is 1.57 bits per heavy atom. The van der Waals surface area contributed by atoms with E-state index in [4.69, 9.17) is 8.85 Å². The van der Waals surface area contributed by atoms with Gasteiger partial charge in [0.1, 0.15) is 16.5 Å². The molecule has 6 heteroatoms. The minimum Gasteiger partial charge on any atom is -0.397 e. The molecule has 128 valence electrons. The number of hydrogen-bond donors (Lipinski definition) is 0. The Hall–Kier alpha value is 0.531. The van der Waals surface area contributed by atoms with Crippen LogP contribution in [0.1, 0.15) is 33.6 Å². The van der Waals surface area contributed by atoms with Crippen molar-refractivity contribution in [3.05, 3.63) is 0 Å². The van der Waals surface area contributed by atoms with Crippen LogP contribution in [0.15, 0.2) is 0 Å². The van der Waals surface area contributed by atoms with Gasteiger partial charge in [-0.15, -0.1) is 0 Å². The highest BCUT2D eigenvalue weighted by atomic mass is 28.4. The molecule has 0 aromatic rings. The van der Waals surface area contributed by atoms with Crippen LogP contribution in [-0.4, -0.2) is 49.2 Å². The maximum atomic E-state index is 5.96. The smallest absolute Gasteiger partial charge is 0.322 e. The van der Waals surface area contributed by atoms with E-state index >= 15 is 0 Å². The van der Waals surface area contributed by atoms with Crippen molar-refractivity contribution < 1.29 is 8.85 Å². The molecular formula is C15H39NO2Si3. The SMILES string of the molecule is CCCC(C[SiH](OCC)OCC)N([Si](C)(C)C)[Si](C)(C)C. The Morgan fingerprint density at radius 1 is 0.857 bits per heavy atom. The zero-order chi connectivity index (χ0) is 16.7. The molecule has 0 saturated carbocycles. The van der Waals surface area contributed by atoms with Crippen molar-refractivity contribution >= 4 is 25.8 Å². The van der Waals surface area contributed by atoms with Crippen LogP contribution >= 0.6 is 0 Å². The van der Waals surface area contributed by atoms with Gasteiger partial charge in [-0.3, -0.25) is 0 Å². The van der Waals surface area contributed by atoms with Gasteiger partial charge >= 0.3 is 9.28 Å². The summed E-state index contributed by atoms with van der Waals surface area (Å²) in [4.78, 5) is 0. The van der Waals surface area contributed by atoms with Gasteiger partial charge in [0.2, 0.25) is 0 Å². The van der Waals surface area contributed by atoms with Crippen molar-refractivity contribution in [1.82, 2.24) is 4.23 Å². The molecule has 0 aromatic heterocycles. The fraction of sp³-hybridized carbons (Fsp3) is 1.00. The molecule has 0 heterocycles. The van der Waals surface area contributed by atoms with E-state index in [0.29, 0.717) is 6.04 Å². The summed E-state index contributed by atoms with van der Waals surface area (Å²) in [6.07, 6.45) is 2.52. The first kappa shape index (κ1) is 21.5. The second-order valence-electron chi connectivity index (χ2n) is 7.73. The van der Waals surface area contributed by atoms with Gasteiger partial charge in [-0.2, -0.15) is 0 Å². The summed E-state index contributed by atoms with van der Waals surface area (Å²) in [5, 5.41) is 0. The molecule has 3 nitrogen and oxygen atoms in total. The van der Waals surface area contributed by atoms with Gasteiger partial charge in [0, 0.05) is 19.3 Å². The van der Waals surface area contributed by atoms with Gasteiger partial charge in [-0.05, 0) is 26.3 Å². The van der Waals surface area contributed by atoms with Crippen LogP contribution in [0.2, 0.25) is 45.3 Å². The van der Waals surface area contributed by atoms with E-state index in [1.807, 2.05) is 0 Å². The number of nitrogens with zero attached hydrogens (tertiary/aromatic N) is 1. The average Bonchev–Trinajstić information content (AvgIpc) is 2.25. The third-order valence-electron chi connectivity index (χ3n) is 3.60. The second-order valence-corrected chi connectivity index (χ2v) is 19.8. The van der Waals surface area contributed by atoms with E-state index < -0.39 is 25.8 Å². The van der Waals surface area contributed by atoms with Gasteiger partial charge < -0.3 is 13.1 Å². The van der Waals surface area contributed by atoms with Crippen molar-refractivity contribution in [3.8, 4) is 0 Å². The summed E-state index contributed by atoms with van der Waals surface area (Å²) >= 11 is 0. The molecule has 0 aliphatic rings. The predicted octanol–water partition coefficient (Wildman–Crippen LogP) is 4.42. The quantitative estimate of drug-likeness (QED) is 0.515. The standard InChI is InChI=1S/C15H39NO2Si3/c1-10-13-15(14-19(17-11-2)18-12-3)16(20(4,5)6)21(7,8)9/h15,19H,10-14H2,1-9H3. The molecule has 1 unspecified atom stereocenters. The van der Waals surface area contributed by atoms with Crippen LogP contribution < -0.4 is 0 Å². The third-order valence-corrected chi connectivity index (χ3v) is 13.6. The fourth-order valence-corrected chi connectivity index (χ4v) is 16.7. The first-order valence-corrected chi connectivity index (χ1v) is 17.3. The lowest BCUT2D eigenvalue weighted by Crippen LogP contribution is -2.63. The van der Waals surface area contributed by atoms with E-state index in [9.17, 15) is 0 Å². The topological polar surface area (TPSA) is 21.7 Å². The van der Waals surface area contributed by atoms with Crippen molar-refractivity contribution in [2.75, 3.05) is 13.2 Å². The first-order chi connectivity index (χ1) is 9.57. The number of hydrogen-bond acceptors (Lipinski definition) is 3. The summed E-state index contributed by atoms with van der Waals surface area (Å²) in [6, 6.07) is 1.80. The van der Waals surface area contributed by atoms with Gasteiger partial charge in [-0.25, -0.2) is 0 Å². The van der Waals surface area contributed by atoms with Crippen LogP contribution in [0, 0.1) is 0 Å². The fourth-order valence-electron chi connectivity index (χ4n) is 3.57. The molecule has 0 radical (unpaired) electrons. The Morgan fingerprint density at radius 2 is 1.29 bits per heavy atom. The molecule has 0 saturated heterocycles. The van der Waals surface area contributed by atoms with E-state index in [0.717, 1.165) is 19.3 Å². The van der Waals surface area contributed by atoms with Crippen LogP contribution in [0.4, 0.5) is 0 Å². The third kappa shape index (κ3) is 8.08. The first-order valence-electron chi connectivity index (χ1n) is 8.60. The summed E-state index contributed by atoms with van der Waals surface area (Å²) in [7, 11) is -4.18. The minimum atomic E-state index is -1.52. The molecule has 0 aliphatic carbocycles. The Kier molecular flexibility index (Phi) is 9.86. The summed E-state index contributed by atoms with van der Waals surface area (Å²) in [6.45, 7) is 23.0. The monoisotopic (exact) mass is 349 g/mol. The largest absolute Gasteiger partial charge is 0.397 e. The summed E-state index contributed by atoms with van der Waals surface area (Å²) in [5.74, 6) is 0. The molecule has 0 N–H and O–H groups in total. The molecule has 0 fully saturated rings. The van der Waals surface area contributed by atoms with Crippen molar-refractivity contribution in [2.24, 2.45) is 0 Å². The predicted molar refractivity (Wildman–Crippen MR) is 102 cm³/mol. The average molecular weight is 350 g/mol. The maximum absolute atomic E-state index is 5.96. The molecule has 21 heavy (non-hydrogen) atoms. The van der Waals surface area contributed by atoms with Gasteiger partial charge in [0.05, 0.1) is 0 Å². The van der Waals surface area contributed by atoms with E-state index in [2.05, 4.69) is 64.3 Å². The normalized spacial score (nSPS) is 15.0. The molecule has 1 atom stereocenters. The lowest BCUT2D eigenvalue weighted by molar-refractivity contribution is 0.206. The Labute approximate surface area is 137 Å². The molecule has 0 spiro atoms. The van der Waals surface area contributed by atoms with Gasteiger partial charge in [-0.1, -0.05) is 52.6 Å². The van der Waals surface area contributed by atoms with E-state index in [-0.39, 0.29) is 0 Å². The number of rotatable bonds is 11. The molecule has 0 rings (SSSR count). The van der Waals surface area contributed by atoms with Crippen LogP contribution in [-0.2, 0) is 8.85 Å². The highest BCUT2D eigenvalue weighted by Gasteiger charge is 2.40. The zero-order valence-corrected chi connectivity index (χ0v) is 19.1. The van der Waals surface area contributed by atoms with Crippen molar-refractivity contribution in [3.63, 3.8) is 0 Å². The lowest BCUT2D eigenvalue weighted by atomic mass is 10.2. The molecule has 0 aromatic carbocycles. The highest BCUT2D eigenvalue weighted by molar-refractivity contribution is 6.89. The van der Waals surface area contributed by atoms with Crippen LogP contribution in [0.5, 0.6) is 0 Å². The molecule has 0 bridgehead atoms. The summed E-state index contributed by atoms with van der Waals surface area (Å²) in [5.41, 5.74) is 0. The van der Waals surface area contributed by atoms with E-state index in [1.165, 1.54) is 12.8 Å². The van der Waals surface area contributed by atoms with Gasteiger partial charge in [0.15, 0.2) is 0 Å². The van der Waals surface area contributed by atoms with Crippen molar-refractivity contribution in [1.29, 1.82) is 0 Å².